The van der Waals surface area contributed by atoms with Gasteiger partial charge >= 0.3 is 0 Å². The van der Waals surface area contributed by atoms with Gasteiger partial charge < -0.3 is 16.0 Å². The van der Waals surface area contributed by atoms with Crippen LogP contribution in [-0.2, 0) is 9.59 Å². The molecule has 108 valence electrons. The first-order valence-corrected chi connectivity index (χ1v) is 7.01. The maximum absolute atomic E-state index is 12.4. The van der Waals surface area contributed by atoms with Crippen molar-refractivity contribution < 1.29 is 9.59 Å². The molecule has 1 aromatic carbocycles. The first-order chi connectivity index (χ1) is 9.63. The Morgan fingerprint density at radius 3 is 2.80 bits per heavy atom. The van der Waals surface area contributed by atoms with Gasteiger partial charge in [0.15, 0.2) is 0 Å². The van der Waals surface area contributed by atoms with Crippen molar-refractivity contribution in [3.63, 3.8) is 0 Å². The highest BCUT2D eigenvalue weighted by molar-refractivity contribution is 5.89. The summed E-state index contributed by atoms with van der Waals surface area (Å²) < 4.78 is 0. The van der Waals surface area contributed by atoms with E-state index in [0.717, 1.165) is 5.56 Å². The van der Waals surface area contributed by atoms with Gasteiger partial charge in [0.2, 0.25) is 11.8 Å². The molecule has 1 saturated heterocycles. The molecule has 20 heavy (non-hydrogen) atoms. The van der Waals surface area contributed by atoms with Gasteiger partial charge in [0.25, 0.3) is 0 Å². The Labute approximate surface area is 119 Å². The molecule has 0 aromatic heterocycles. The third kappa shape index (κ3) is 3.17. The predicted octanol–water partition coefficient (Wildman–Crippen LogP) is 0.814. The Kier molecular flexibility index (Phi) is 4.74. The first-order valence-electron chi connectivity index (χ1n) is 7.01. The van der Waals surface area contributed by atoms with E-state index in [1.165, 1.54) is 0 Å². The van der Waals surface area contributed by atoms with E-state index in [1.807, 2.05) is 37.3 Å². The minimum Gasteiger partial charge on any atom is -0.353 e. The maximum atomic E-state index is 12.4. The zero-order chi connectivity index (χ0) is 14.5. The number of nitrogens with zero attached hydrogens (tertiary/aromatic N) is 1. The number of nitrogens with one attached hydrogen (secondary N) is 1. The summed E-state index contributed by atoms with van der Waals surface area (Å²) in [5.74, 6) is -0.122. The SMILES string of the molecule is CC[C@@H]1C(=O)NCCN1C(=O)C[C@H](N)c1ccccc1. The third-order valence-corrected chi connectivity index (χ3v) is 3.66. The van der Waals surface area contributed by atoms with E-state index in [1.54, 1.807) is 4.90 Å². The largest absolute Gasteiger partial charge is 0.353 e. The van der Waals surface area contributed by atoms with Crippen molar-refractivity contribution in [3.05, 3.63) is 35.9 Å². The minimum absolute atomic E-state index is 0.0527. The van der Waals surface area contributed by atoms with Crippen LogP contribution in [0, 0.1) is 0 Å². The summed E-state index contributed by atoms with van der Waals surface area (Å²) in [6, 6.07) is 8.87. The molecule has 5 heteroatoms. The standard InChI is InChI=1S/C15H21N3O2/c1-2-13-15(20)17-8-9-18(13)14(19)10-12(16)11-6-4-3-5-7-11/h3-7,12-13H,2,8-10,16H2,1H3,(H,17,20)/t12-,13+/m0/s1. The highest BCUT2D eigenvalue weighted by Crippen LogP contribution is 2.17. The molecule has 2 amide bonds. The Bertz CT molecular complexity index is 475. The van der Waals surface area contributed by atoms with Crippen molar-refractivity contribution in [1.82, 2.24) is 10.2 Å². The molecule has 1 aliphatic rings. The van der Waals surface area contributed by atoms with Crippen LogP contribution in [-0.4, -0.2) is 35.8 Å². The molecule has 0 spiro atoms. The lowest BCUT2D eigenvalue weighted by atomic mass is 10.0. The molecular formula is C15H21N3O2. The summed E-state index contributed by atoms with van der Waals surface area (Å²) in [6.45, 7) is 2.99. The molecule has 1 heterocycles. The molecule has 3 N–H and O–H groups in total. The zero-order valence-electron chi connectivity index (χ0n) is 11.7. The topological polar surface area (TPSA) is 75.4 Å². The summed E-state index contributed by atoms with van der Waals surface area (Å²) in [5.41, 5.74) is 7.02. The van der Waals surface area contributed by atoms with Crippen molar-refractivity contribution in [2.45, 2.75) is 31.8 Å². The number of hydrogen-bond acceptors (Lipinski definition) is 3. The molecule has 1 aromatic rings. The zero-order valence-corrected chi connectivity index (χ0v) is 11.7. The van der Waals surface area contributed by atoms with Crippen LogP contribution in [0.4, 0.5) is 0 Å². The van der Waals surface area contributed by atoms with Crippen molar-refractivity contribution in [2.75, 3.05) is 13.1 Å². The van der Waals surface area contributed by atoms with E-state index < -0.39 is 0 Å². The molecule has 2 rings (SSSR count). The highest BCUT2D eigenvalue weighted by atomic mass is 16.2. The van der Waals surface area contributed by atoms with Crippen molar-refractivity contribution in [2.24, 2.45) is 5.73 Å². The second-order valence-corrected chi connectivity index (χ2v) is 5.02. The molecule has 0 unspecified atom stereocenters. The van der Waals surface area contributed by atoms with E-state index in [4.69, 9.17) is 5.73 Å². The fourth-order valence-corrected chi connectivity index (χ4v) is 2.54. The first kappa shape index (κ1) is 14.5. The molecule has 0 saturated carbocycles. The second kappa shape index (κ2) is 6.52. The summed E-state index contributed by atoms with van der Waals surface area (Å²) in [5, 5.41) is 2.79. The van der Waals surface area contributed by atoms with Crippen LogP contribution in [0.5, 0.6) is 0 Å². The molecule has 1 fully saturated rings. The van der Waals surface area contributed by atoms with E-state index in [2.05, 4.69) is 5.32 Å². The summed E-state index contributed by atoms with van der Waals surface area (Å²) >= 11 is 0. The van der Waals surface area contributed by atoms with Crippen molar-refractivity contribution in [1.29, 1.82) is 0 Å². The number of carbonyl (C=O) groups excluding carboxylic acids is 2. The molecule has 2 atom stereocenters. The van der Waals surface area contributed by atoms with Crippen molar-refractivity contribution >= 4 is 11.8 Å². The normalized spacial score (nSPS) is 20.4. The lowest BCUT2D eigenvalue weighted by molar-refractivity contribution is -0.143. The van der Waals surface area contributed by atoms with E-state index in [0.29, 0.717) is 19.5 Å². The minimum atomic E-state index is -0.362. The third-order valence-electron chi connectivity index (χ3n) is 3.66. The Balaban J connectivity index is 2.02. The molecule has 0 bridgehead atoms. The maximum Gasteiger partial charge on any atom is 0.242 e. The smallest absolute Gasteiger partial charge is 0.242 e. The van der Waals surface area contributed by atoms with Gasteiger partial charge in [-0.25, -0.2) is 0 Å². The molecule has 1 aliphatic heterocycles. The second-order valence-electron chi connectivity index (χ2n) is 5.02. The Hall–Kier alpha value is -1.88. The van der Waals surface area contributed by atoms with Gasteiger partial charge in [-0.1, -0.05) is 37.3 Å². The number of benzene rings is 1. The Morgan fingerprint density at radius 1 is 1.45 bits per heavy atom. The number of nitrogens with two attached hydrogens (primary N) is 1. The van der Waals surface area contributed by atoms with Gasteiger partial charge in [0.1, 0.15) is 6.04 Å². The quantitative estimate of drug-likeness (QED) is 0.854. The molecule has 0 radical (unpaired) electrons. The van der Waals surface area contributed by atoms with E-state index >= 15 is 0 Å². The van der Waals surface area contributed by atoms with Gasteiger partial charge in [-0.05, 0) is 12.0 Å². The van der Waals surface area contributed by atoms with Crippen LogP contribution in [0.15, 0.2) is 30.3 Å². The number of carbonyl (C=O) groups is 2. The summed E-state index contributed by atoms with van der Waals surface area (Å²) in [6.07, 6.45) is 0.853. The number of hydrogen-bond donors (Lipinski definition) is 2. The summed E-state index contributed by atoms with van der Waals surface area (Å²) in [7, 11) is 0. The fraction of sp³-hybridized carbons (Fsp3) is 0.467. The molecule has 0 aliphatic carbocycles. The number of piperazine rings is 1. The van der Waals surface area contributed by atoms with E-state index in [9.17, 15) is 9.59 Å². The summed E-state index contributed by atoms with van der Waals surface area (Å²) in [4.78, 5) is 25.8. The van der Waals surface area contributed by atoms with E-state index in [-0.39, 0.29) is 30.3 Å². The van der Waals surface area contributed by atoms with Crippen LogP contribution in [0.3, 0.4) is 0 Å². The van der Waals surface area contributed by atoms with Crippen LogP contribution in [0.25, 0.3) is 0 Å². The van der Waals surface area contributed by atoms with Gasteiger partial charge in [0.05, 0.1) is 0 Å². The molecular weight excluding hydrogens is 254 g/mol. The predicted molar refractivity (Wildman–Crippen MR) is 76.8 cm³/mol. The van der Waals surface area contributed by atoms with Crippen LogP contribution >= 0.6 is 0 Å². The highest BCUT2D eigenvalue weighted by Gasteiger charge is 2.32. The fourth-order valence-electron chi connectivity index (χ4n) is 2.54. The van der Waals surface area contributed by atoms with Gasteiger partial charge in [-0.3, -0.25) is 9.59 Å². The van der Waals surface area contributed by atoms with Crippen molar-refractivity contribution in [3.8, 4) is 0 Å². The molecule has 5 nitrogen and oxygen atoms in total. The van der Waals surface area contributed by atoms with Crippen LogP contribution in [0.2, 0.25) is 0 Å². The monoisotopic (exact) mass is 275 g/mol. The van der Waals surface area contributed by atoms with Crippen LogP contribution < -0.4 is 11.1 Å². The number of amides is 2. The van der Waals surface area contributed by atoms with Gasteiger partial charge in [-0.15, -0.1) is 0 Å². The van der Waals surface area contributed by atoms with Gasteiger partial charge in [-0.2, -0.15) is 0 Å². The lowest BCUT2D eigenvalue weighted by Gasteiger charge is -2.35. The lowest BCUT2D eigenvalue weighted by Crippen LogP contribution is -2.57. The average Bonchev–Trinajstić information content (AvgIpc) is 2.47. The van der Waals surface area contributed by atoms with Gasteiger partial charge in [0, 0.05) is 25.6 Å². The average molecular weight is 275 g/mol. The number of rotatable bonds is 4. The Morgan fingerprint density at radius 2 is 2.15 bits per heavy atom. The van der Waals surface area contributed by atoms with Crippen LogP contribution in [0.1, 0.15) is 31.4 Å².